The summed E-state index contributed by atoms with van der Waals surface area (Å²) >= 11 is 0. The number of halogens is 1. The van der Waals surface area contributed by atoms with E-state index in [1.54, 1.807) is 30.0 Å². The molecule has 1 N–H and O–H groups in total. The maximum absolute atomic E-state index is 13.7. The molecule has 1 fully saturated rings. The number of carbonyl (C=O) groups excluding carboxylic acids is 1. The Balaban J connectivity index is 1.90. The van der Waals surface area contributed by atoms with Crippen molar-refractivity contribution in [2.24, 2.45) is 0 Å². The van der Waals surface area contributed by atoms with E-state index in [4.69, 9.17) is 4.74 Å². The van der Waals surface area contributed by atoms with E-state index in [2.05, 4.69) is 5.32 Å². The molecule has 1 heterocycles. The van der Waals surface area contributed by atoms with Crippen molar-refractivity contribution in [2.45, 2.75) is 13.3 Å². The normalized spacial score (nSPS) is 16.0. The molecular weight excluding hydrogens is 247 g/mol. The molecule has 1 amide bonds. The molecule has 5 heteroatoms. The number of benzene rings is 1. The molecule has 1 aliphatic rings. The first kappa shape index (κ1) is 13.8. The van der Waals surface area contributed by atoms with Crippen molar-refractivity contribution in [1.82, 2.24) is 10.2 Å². The van der Waals surface area contributed by atoms with Crippen LogP contribution in [0.25, 0.3) is 0 Å². The highest BCUT2D eigenvalue weighted by molar-refractivity contribution is 5.77. The summed E-state index contributed by atoms with van der Waals surface area (Å²) in [4.78, 5) is 13.7. The summed E-state index contributed by atoms with van der Waals surface area (Å²) in [6.45, 7) is 4.69. The van der Waals surface area contributed by atoms with Gasteiger partial charge in [-0.2, -0.15) is 0 Å². The fraction of sp³-hybridized carbons (Fsp3) is 0.500. The highest BCUT2D eigenvalue weighted by Gasteiger charge is 2.16. The number of nitrogens with one attached hydrogen (secondary N) is 1. The van der Waals surface area contributed by atoms with E-state index in [0.29, 0.717) is 12.1 Å². The molecule has 19 heavy (non-hydrogen) atoms. The van der Waals surface area contributed by atoms with Gasteiger partial charge in [0.1, 0.15) is 0 Å². The van der Waals surface area contributed by atoms with Crippen LogP contribution in [0.4, 0.5) is 4.39 Å². The number of hydrogen-bond donors (Lipinski definition) is 1. The number of rotatable bonds is 3. The highest BCUT2D eigenvalue weighted by atomic mass is 19.1. The second-order valence-corrected chi connectivity index (χ2v) is 4.66. The largest absolute Gasteiger partial charge is 0.481 e. The van der Waals surface area contributed by atoms with Crippen molar-refractivity contribution in [3.05, 3.63) is 29.6 Å². The molecule has 1 aromatic rings. The predicted molar refractivity (Wildman–Crippen MR) is 70.7 cm³/mol. The second-order valence-electron chi connectivity index (χ2n) is 4.66. The SMILES string of the molecule is Cc1cccc(OCC(=O)N2CCCNCC2)c1F. The molecule has 0 bridgehead atoms. The standard InChI is InChI=1S/C14H19FN2O2/c1-11-4-2-5-12(14(11)15)19-10-13(18)17-8-3-6-16-7-9-17/h2,4-5,16H,3,6-10H2,1H3. The molecule has 0 aliphatic carbocycles. The van der Waals surface area contributed by atoms with Crippen LogP contribution < -0.4 is 10.1 Å². The molecule has 1 aromatic carbocycles. The Kier molecular flexibility index (Phi) is 4.74. The van der Waals surface area contributed by atoms with Gasteiger partial charge in [0.05, 0.1) is 0 Å². The molecule has 1 aliphatic heterocycles. The first-order valence-corrected chi connectivity index (χ1v) is 6.55. The number of amides is 1. The molecular formula is C14H19FN2O2. The molecule has 4 nitrogen and oxygen atoms in total. The molecule has 0 saturated carbocycles. The van der Waals surface area contributed by atoms with E-state index in [9.17, 15) is 9.18 Å². The average Bonchev–Trinajstić information content (AvgIpc) is 2.69. The van der Waals surface area contributed by atoms with E-state index in [1.807, 2.05) is 0 Å². The summed E-state index contributed by atoms with van der Waals surface area (Å²) in [5.41, 5.74) is 0.518. The van der Waals surface area contributed by atoms with Crippen LogP contribution in [0.3, 0.4) is 0 Å². The summed E-state index contributed by atoms with van der Waals surface area (Å²) < 4.78 is 19.0. The lowest BCUT2D eigenvalue weighted by atomic mass is 10.2. The Bertz CT molecular complexity index is 443. The van der Waals surface area contributed by atoms with E-state index in [-0.39, 0.29) is 18.3 Å². The summed E-state index contributed by atoms with van der Waals surface area (Å²) in [6.07, 6.45) is 0.935. The Hall–Kier alpha value is -1.62. The first-order valence-electron chi connectivity index (χ1n) is 6.55. The number of hydrogen-bond acceptors (Lipinski definition) is 3. The number of nitrogens with zero attached hydrogens (tertiary/aromatic N) is 1. The minimum absolute atomic E-state index is 0.0930. The minimum Gasteiger partial charge on any atom is -0.481 e. The van der Waals surface area contributed by atoms with E-state index >= 15 is 0 Å². The predicted octanol–water partition coefficient (Wildman–Crippen LogP) is 1.33. The average molecular weight is 266 g/mol. The highest BCUT2D eigenvalue weighted by Crippen LogP contribution is 2.19. The smallest absolute Gasteiger partial charge is 0.260 e. The number of carbonyl (C=O) groups is 1. The fourth-order valence-corrected chi connectivity index (χ4v) is 2.06. The number of aryl methyl sites for hydroxylation is 1. The zero-order valence-corrected chi connectivity index (χ0v) is 11.1. The third kappa shape index (κ3) is 3.67. The molecule has 1 saturated heterocycles. The quantitative estimate of drug-likeness (QED) is 0.897. The molecule has 0 unspecified atom stereocenters. The van der Waals surface area contributed by atoms with Gasteiger partial charge < -0.3 is 15.0 Å². The van der Waals surface area contributed by atoms with E-state index in [1.165, 1.54) is 0 Å². The lowest BCUT2D eigenvalue weighted by Crippen LogP contribution is -2.37. The number of ether oxygens (including phenoxy) is 1. The van der Waals surface area contributed by atoms with Crippen molar-refractivity contribution in [2.75, 3.05) is 32.8 Å². The lowest BCUT2D eigenvalue weighted by molar-refractivity contribution is -0.133. The van der Waals surface area contributed by atoms with Gasteiger partial charge >= 0.3 is 0 Å². The van der Waals surface area contributed by atoms with Crippen molar-refractivity contribution in [1.29, 1.82) is 0 Å². The molecule has 0 atom stereocenters. The van der Waals surface area contributed by atoms with E-state index < -0.39 is 5.82 Å². The Labute approximate surface area is 112 Å². The van der Waals surface area contributed by atoms with Gasteiger partial charge in [-0.3, -0.25) is 4.79 Å². The summed E-state index contributed by atoms with van der Waals surface area (Å²) in [6, 6.07) is 4.93. The Morgan fingerprint density at radius 2 is 2.26 bits per heavy atom. The molecule has 0 spiro atoms. The van der Waals surface area contributed by atoms with Gasteiger partial charge in [0.2, 0.25) is 0 Å². The van der Waals surface area contributed by atoms with Crippen LogP contribution in [-0.2, 0) is 4.79 Å². The zero-order valence-electron chi connectivity index (χ0n) is 11.1. The molecule has 104 valence electrons. The van der Waals surface area contributed by atoms with Gasteiger partial charge in [-0.15, -0.1) is 0 Å². The van der Waals surface area contributed by atoms with E-state index in [0.717, 1.165) is 26.1 Å². The van der Waals surface area contributed by atoms with Crippen molar-refractivity contribution >= 4 is 5.91 Å². The van der Waals surface area contributed by atoms with Crippen LogP contribution in [0.1, 0.15) is 12.0 Å². The van der Waals surface area contributed by atoms with Gasteiger partial charge in [0.25, 0.3) is 5.91 Å². The summed E-state index contributed by atoms with van der Waals surface area (Å²) in [5.74, 6) is -0.348. The summed E-state index contributed by atoms with van der Waals surface area (Å²) in [5, 5.41) is 3.23. The van der Waals surface area contributed by atoms with Crippen LogP contribution in [-0.4, -0.2) is 43.6 Å². The van der Waals surface area contributed by atoms with Crippen LogP contribution >= 0.6 is 0 Å². The third-order valence-electron chi connectivity index (χ3n) is 3.20. The van der Waals surface area contributed by atoms with Gasteiger partial charge in [-0.1, -0.05) is 12.1 Å². The van der Waals surface area contributed by atoms with Crippen molar-refractivity contribution < 1.29 is 13.9 Å². The maximum atomic E-state index is 13.7. The van der Waals surface area contributed by atoms with Crippen LogP contribution in [0, 0.1) is 12.7 Å². The Morgan fingerprint density at radius 3 is 3.11 bits per heavy atom. The molecule has 0 radical (unpaired) electrons. The lowest BCUT2D eigenvalue weighted by Gasteiger charge is -2.20. The molecule has 0 aromatic heterocycles. The van der Waals surface area contributed by atoms with Gasteiger partial charge in [-0.05, 0) is 31.5 Å². The fourth-order valence-electron chi connectivity index (χ4n) is 2.06. The van der Waals surface area contributed by atoms with Crippen LogP contribution in [0.2, 0.25) is 0 Å². The zero-order chi connectivity index (χ0) is 13.7. The van der Waals surface area contributed by atoms with Crippen LogP contribution in [0.5, 0.6) is 5.75 Å². The van der Waals surface area contributed by atoms with Crippen LogP contribution in [0.15, 0.2) is 18.2 Å². The van der Waals surface area contributed by atoms with Gasteiger partial charge in [0, 0.05) is 19.6 Å². The Morgan fingerprint density at radius 1 is 1.42 bits per heavy atom. The van der Waals surface area contributed by atoms with Gasteiger partial charge in [0.15, 0.2) is 18.2 Å². The summed E-state index contributed by atoms with van der Waals surface area (Å²) in [7, 11) is 0. The van der Waals surface area contributed by atoms with Gasteiger partial charge in [-0.25, -0.2) is 4.39 Å². The van der Waals surface area contributed by atoms with Crippen molar-refractivity contribution in [3.63, 3.8) is 0 Å². The third-order valence-corrected chi connectivity index (χ3v) is 3.20. The molecule has 2 rings (SSSR count). The topological polar surface area (TPSA) is 41.6 Å². The first-order chi connectivity index (χ1) is 9.18. The van der Waals surface area contributed by atoms with Crippen molar-refractivity contribution in [3.8, 4) is 5.75 Å². The second kappa shape index (κ2) is 6.52. The minimum atomic E-state index is -0.396. The monoisotopic (exact) mass is 266 g/mol. The maximum Gasteiger partial charge on any atom is 0.260 e.